The number of carbonyl (C=O) groups excluding carboxylic acids is 1. The molecule has 0 aliphatic carbocycles. The van der Waals surface area contributed by atoms with E-state index in [-0.39, 0.29) is 18.4 Å². The van der Waals surface area contributed by atoms with Crippen LogP contribution in [0.2, 0.25) is 0 Å². The van der Waals surface area contributed by atoms with Crippen LogP contribution in [0.5, 0.6) is 0 Å². The number of amides is 2. The van der Waals surface area contributed by atoms with Crippen molar-refractivity contribution in [1.82, 2.24) is 10.2 Å². The number of aliphatic carboxylic acids is 1. The average molecular weight is 268 g/mol. The van der Waals surface area contributed by atoms with Gasteiger partial charge in [-0.2, -0.15) is 11.3 Å². The van der Waals surface area contributed by atoms with E-state index in [1.54, 1.807) is 16.2 Å². The summed E-state index contributed by atoms with van der Waals surface area (Å²) in [5, 5.41) is 15.5. The molecule has 0 unspecified atom stereocenters. The van der Waals surface area contributed by atoms with E-state index < -0.39 is 5.97 Å². The summed E-state index contributed by atoms with van der Waals surface area (Å²) >= 11 is 1.65. The Morgan fingerprint density at radius 2 is 2.28 bits per heavy atom. The van der Waals surface area contributed by atoms with Gasteiger partial charge in [-0.1, -0.05) is 0 Å². The largest absolute Gasteiger partial charge is 0.481 e. The van der Waals surface area contributed by atoms with Gasteiger partial charge in [0.25, 0.3) is 0 Å². The number of nitrogens with one attached hydrogen (secondary N) is 1. The van der Waals surface area contributed by atoms with Crippen LogP contribution in [-0.4, -0.2) is 41.6 Å². The number of carbonyl (C=O) groups is 2. The van der Waals surface area contributed by atoms with Crippen LogP contribution in [0, 0.1) is 5.92 Å². The standard InChI is InChI=1S/C12H16N2O3S/c15-11(16)5-10-6-14(7-10)12(17)13-3-1-9-2-4-18-8-9/h2,4,8,10H,1,3,5-7H2,(H,13,17)(H,15,16). The highest BCUT2D eigenvalue weighted by Crippen LogP contribution is 2.18. The maximum atomic E-state index is 11.7. The molecule has 1 aliphatic heterocycles. The number of hydrogen-bond acceptors (Lipinski definition) is 3. The molecule has 2 heterocycles. The van der Waals surface area contributed by atoms with Gasteiger partial charge >= 0.3 is 12.0 Å². The smallest absolute Gasteiger partial charge is 0.317 e. The molecule has 18 heavy (non-hydrogen) atoms. The van der Waals surface area contributed by atoms with Crippen molar-refractivity contribution >= 4 is 23.3 Å². The zero-order chi connectivity index (χ0) is 13.0. The number of nitrogens with zero attached hydrogens (tertiary/aromatic N) is 1. The number of rotatable bonds is 5. The quantitative estimate of drug-likeness (QED) is 0.848. The number of carboxylic acids is 1. The molecule has 0 radical (unpaired) electrons. The van der Waals surface area contributed by atoms with Gasteiger partial charge in [0.05, 0.1) is 6.42 Å². The number of hydrogen-bond donors (Lipinski definition) is 2. The van der Waals surface area contributed by atoms with Gasteiger partial charge in [-0.3, -0.25) is 4.79 Å². The highest BCUT2D eigenvalue weighted by Gasteiger charge is 2.31. The first kappa shape index (κ1) is 12.9. The zero-order valence-corrected chi connectivity index (χ0v) is 10.8. The van der Waals surface area contributed by atoms with Crippen LogP contribution in [0.25, 0.3) is 0 Å². The molecule has 0 saturated carbocycles. The fourth-order valence-electron chi connectivity index (χ4n) is 1.97. The minimum atomic E-state index is -0.794. The van der Waals surface area contributed by atoms with Gasteiger partial charge in [-0.15, -0.1) is 0 Å². The third-order valence-corrected chi connectivity index (χ3v) is 3.71. The summed E-state index contributed by atoms with van der Waals surface area (Å²) in [4.78, 5) is 23.8. The van der Waals surface area contributed by atoms with E-state index in [9.17, 15) is 9.59 Å². The second-order valence-electron chi connectivity index (χ2n) is 4.48. The zero-order valence-electron chi connectivity index (χ0n) is 9.96. The molecular weight excluding hydrogens is 252 g/mol. The number of thiophene rings is 1. The lowest BCUT2D eigenvalue weighted by atomic mass is 9.97. The van der Waals surface area contributed by atoms with E-state index in [1.807, 2.05) is 11.4 Å². The summed E-state index contributed by atoms with van der Waals surface area (Å²) in [6.45, 7) is 1.73. The molecule has 1 saturated heterocycles. The Hall–Kier alpha value is -1.56. The molecule has 2 N–H and O–H groups in total. The van der Waals surface area contributed by atoms with Gasteiger partial charge in [-0.25, -0.2) is 4.79 Å². The number of urea groups is 1. The van der Waals surface area contributed by atoms with E-state index in [2.05, 4.69) is 10.7 Å². The van der Waals surface area contributed by atoms with E-state index in [4.69, 9.17) is 5.11 Å². The van der Waals surface area contributed by atoms with Crippen LogP contribution in [0.3, 0.4) is 0 Å². The second-order valence-corrected chi connectivity index (χ2v) is 5.26. The summed E-state index contributed by atoms with van der Waals surface area (Å²) < 4.78 is 0. The minimum absolute atomic E-state index is 0.0909. The number of carboxylic acid groups (broad SMARTS) is 1. The highest BCUT2D eigenvalue weighted by atomic mass is 32.1. The third kappa shape index (κ3) is 3.46. The molecule has 0 atom stereocenters. The van der Waals surface area contributed by atoms with Crippen LogP contribution >= 0.6 is 11.3 Å². The second kappa shape index (κ2) is 5.86. The fraction of sp³-hybridized carbons (Fsp3) is 0.500. The van der Waals surface area contributed by atoms with Crippen molar-refractivity contribution in [3.05, 3.63) is 22.4 Å². The monoisotopic (exact) mass is 268 g/mol. The number of likely N-dealkylation sites (tertiary alicyclic amines) is 1. The van der Waals surface area contributed by atoms with Gasteiger partial charge in [0.15, 0.2) is 0 Å². The molecule has 0 spiro atoms. The van der Waals surface area contributed by atoms with Gasteiger partial charge < -0.3 is 15.3 Å². The molecule has 1 aromatic heterocycles. The van der Waals surface area contributed by atoms with Crippen molar-refractivity contribution in [2.24, 2.45) is 5.92 Å². The molecule has 2 rings (SSSR count). The van der Waals surface area contributed by atoms with Crippen molar-refractivity contribution < 1.29 is 14.7 Å². The Kier molecular flexibility index (Phi) is 4.19. The molecule has 5 nitrogen and oxygen atoms in total. The molecule has 0 bridgehead atoms. The Balaban J connectivity index is 1.60. The van der Waals surface area contributed by atoms with Crippen molar-refractivity contribution in [3.8, 4) is 0 Å². The van der Waals surface area contributed by atoms with E-state index >= 15 is 0 Å². The van der Waals surface area contributed by atoms with Crippen LogP contribution in [0.15, 0.2) is 16.8 Å². The van der Waals surface area contributed by atoms with E-state index in [0.29, 0.717) is 19.6 Å². The average Bonchev–Trinajstić information content (AvgIpc) is 2.75. The van der Waals surface area contributed by atoms with Crippen LogP contribution in [-0.2, 0) is 11.2 Å². The van der Waals surface area contributed by atoms with Gasteiger partial charge in [0.2, 0.25) is 0 Å². The van der Waals surface area contributed by atoms with Crippen molar-refractivity contribution in [3.63, 3.8) is 0 Å². The Bertz CT molecular complexity index is 413. The summed E-state index contributed by atoms with van der Waals surface area (Å²) in [6, 6.07) is 1.95. The summed E-state index contributed by atoms with van der Waals surface area (Å²) in [5.74, 6) is -0.678. The highest BCUT2D eigenvalue weighted by molar-refractivity contribution is 7.07. The van der Waals surface area contributed by atoms with E-state index in [0.717, 1.165) is 6.42 Å². The van der Waals surface area contributed by atoms with Crippen LogP contribution in [0.4, 0.5) is 4.79 Å². The first-order chi connectivity index (χ1) is 8.65. The first-order valence-corrected chi connectivity index (χ1v) is 6.85. The molecule has 98 valence electrons. The van der Waals surface area contributed by atoms with Crippen LogP contribution < -0.4 is 5.32 Å². The maximum Gasteiger partial charge on any atom is 0.317 e. The van der Waals surface area contributed by atoms with Crippen molar-refractivity contribution in [2.45, 2.75) is 12.8 Å². The third-order valence-electron chi connectivity index (χ3n) is 2.98. The summed E-state index contributed by atoms with van der Waals surface area (Å²) in [6.07, 6.45) is 0.986. The SMILES string of the molecule is O=C(O)CC1CN(C(=O)NCCc2ccsc2)C1. The minimum Gasteiger partial charge on any atom is -0.481 e. The Morgan fingerprint density at radius 1 is 1.50 bits per heavy atom. The molecule has 1 aliphatic rings. The molecule has 1 fully saturated rings. The Labute approximate surface area is 109 Å². The molecule has 2 amide bonds. The molecular formula is C12H16N2O3S. The lowest BCUT2D eigenvalue weighted by molar-refractivity contribution is -0.139. The lowest BCUT2D eigenvalue weighted by Crippen LogP contribution is -2.54. The van der Waals surface area contributed by atoms with Crippen molar-refractivity contribution in [2.75, 3.05) is 19.6 Å². The predicted octanol–water partition coefficient (Wildman–Crippen LogP) is 1.41. The summed E-state index contributed by atoms with van der Waals surface area (Å²) in [7, 11) is 0. The van der Waals surface area contributed by atoms with Gasteiger partial charge in [-0.05, 0) is 28.8 Å². The maximum absolute atomic E-state index is 11.7. The first-order valence-electron chi connectivity index (χ1n) is 5.91. The van der Waals surface area contributed by atoms with Gasteiger partial charge in [0, 0.05) is 25.6 Å². The van der Waals surface area contributed by atoms with E-state index in [1.165, 1.54) is 5.56 Å². The molecule has 1 aromatic rings. The predicted molar refractivity (Wildman–Crippen MR) is 68.7 cm³/mol. The van der Waals surface area contributed by atoms with Crippen LogP contribution in [0.1, 0.15) is 12.0 Å². The normalized spacial score (nSPS) is 15.2. The topological polar surface area (TPSA) is 69.6 Å². The molecule has 0 aromatic carbocycles. The Morgan fingerprint density at radius 3 is 2.89 bits per heavy atom. The molecule has 6 heteroatoms. The summed E-state index contributed by atoms with van der Waals surface area (Å²) in [5.41, 5.74) is 1.23. The van der Waals surface area contributed by atoms with Gasteiger partial charge in [0.1, 0.15) is 0 Å². The van der Waals surface area contributed by atoms with Crippen molar-refractivity contribution in [1.29, 1.82) is 0 Å². The lowest BCUT2D eigenvalue weighted by Gasteiger charge is -2.38. The fourth-order valence-corrected chi connectivity index (χ4v) is 2.68.